The SMILES string of the molecule is Cc1ccc(Cl)cc1NC(=S)NC1CC1. The fourth-order valence-electron chi connectivity index (χ4n) is 1.30. The van der Waals surface area contributed by atoms with Crippen molar-refractivity contribution < 1.29 is 0 Å². The smallest absolute Gasteiger partial charge is 0.171 e. The molecular formula is C11H13ClN2S. The summed E-state index contributed by atoms with van der Waals surface area (Å²) in [5.41, 5.74) is 2.11. The van der Waals surface area contributed by atoms with Crippen LogP contribution in [-0.2, 0) is 0 Å². The fourth-order valence-corrected chi connectivity index (χ4v) is 1.75. The molecule has 4 heteroatoms. The minimum Gasteiger partial charge on any atom is -0.360 e. The summed E-state index contributed by atoms with van der Waals surface area (Å²) in [6.45, 7) is 2.03. The van der Waals surface area contributed by atoms with Crippen LogP contribution in [0.1, 0.15) is 18.4 Å². The highest BCUT2D eigenvalue weighted by atomic mass is 35.5. The van der Waals surface area contributed by atoms with Crippen molar-refractivity contribution in [1.82, 2.24) is 5.32 Å². The number of nitrogens with one attached hydrogen (secondary N) is 2. The third-order valence-electron chi connectivity index (χ3n) is 2.36. The summed E-state index contributed by atoms with van der Waals surface area (Å²) in [5, 5.41) is 7.79. The van der Waals surface area contributed by atoms with Crippen LogP contribution in [-0.4, -0.2) is 11.2 Å². The molecule has 0 amide bonds. The standard InChI is InChI=1S/C11H13ClN2S/c1-7-2-3-8(12)6-10(7)14-11(15)13-9-4-5-9/h2-3,6,9H,4-5H2,1H3,(H2,13,14,15). The average Bonchev–Trinajstić information content (AvgIpc) is 2.95. The van der Waals surface area contributed by atoms with Gasteiger partial charge in [0.05, 0.1) is 0 Å². The summed E-state index contributed by atoms with van der Waals surface area (Å²) in [6.07, 6.45) is 2.44. The second kappa shape index (κ2) is 4.37. The van der Waals surface area contributed by atoms with E-state index in [1.807, 2.05) is 25.1 Å². The van der Waals surface area contributed by atoms with E-state index in [2.05, 4.69) is 10.6 Å². The molecule has 1 aromatic carbocycles. The molecule has 1 aromatic rings. The number of hydrogen-bond donors (Lipinski definition) is 2. The molecule has 2 nitrogen and oxygen atoms in total. The predicted octanol–water partition coefficient (Wildman–Crippen LogP) is 3.10. The summed E-state index contributed by atoms with van der Waals surface area (Å²) in [4.78, 5) is 0. The molecule has 0 atom stereocenters. The molecule has 80 valence electrons. The Hall–Kier alpha value is -0.800. The molecule has 0 bridgehead atoms. The zero-order valence-corrected chi connectivity index (χ0v) is 10.1. The molecule has 0 spiro atoms. The van der Waals surface area contributed by atoms with Gasteiger partial charge in [-0.15, -0.1) is 0 Å². The number of thiocarbonyl (C=S) groups is 1. The zero-order chi connectivity index (χ0) is 10.8. The van der Waals surface area contributed by atoms with E-state index < -0.39 is 0 Å². The van der Waals surface area contributed by atoms with Crippen LogP contribution < -0.4 is 10.6 Å². The van der Waals surface area contributed by atoms with Crippen molar-refractivity contribution in [2.75, 3.05) is 5.32 Å². The molecule has 2 N–H and O–H groups in total. The zero-order valence-electron chi connectivity index (χ0n) is 8.51. The lowest BCUT2D eigenvalue weighted by Gasteiger charge is -2.12. The largest absolute Gasteiger partial charge is 0.360 e. The van der Waals surface area contributed by atoms with Crippen LogP contribution in [0.25, 0.3) is 0 Å². The Morgan fingerprint density at radius 1 is 1.47 bits per heavy atom. The van der Waals surface area contributed by atoms with Crippen LogP contribution in [0.3, 0.4) is 0 Å². The van der Waals surface area contributed by atoms with E-state index in [0.29, 0.717) is 11.2 Å². The van der Waals surface area contributed by atoms with Crippen molar-refractivity contribution in [3.8, 4) is 0 Å². The van der Waals surface area contributed by atoms with Crippen molar-refractivity contribution >= 4 is 34.6 Å². The van der Waals surface area contributed by atoms with Crippen molar-refractivity contribution in [3.05, 3.63) is 28.8 Å². The van der Waals surface area contributed by atoms with Gasteiger partial charge >= 0.3 is 0 Å². The van der Waals surface area contributed by atoms with E-state index in [0.717, 1.165) is 16.3 Å². The van der Waals surface area contributed by atoms with Gasteiger partial charge in [-0.2, -0.15) is 0 Å². The van der Waals surface area contributed by atoms with Gasteiger partial charge in [0.1, 0.15) is 0 Å². The Kier molecular flexibility index (Phi) is 3.12. The molecule has 0 aromatic heterocycles. The molecule has 1 aliphatic rings. The van der Waals surface area contributed by atoms with Crippen LogP contribution >= 0.6 is 23.8 Å². The molecule has 0 aliphatic heterocycles. The Balaban J connectivity index is 2.01. The summed E-state index contributed by atoms with van der Waals surface area (Å²) >= 11 is 11.1. The maximum Gasteiger partial charge on any atom is 0.171 e. The third-order valence-corrected chi connectivity index (χ3v) is 2.82. The molecule has 0 saturated heterocycles. The van der Waals surface area contributed by atoms with E-state index in [4.69, 9.17) is 23.8 Å². The molecule has 2 rings (SSSR count). The lowest BCUT2D eigenvalue weighted by molar-refractivity contribution is 0.919. The molecule has 0 radical (unpaired) electrons. The normalized spacial score (nSPS) is 14.8. The number of aryl methyl sites for hydroxylation is 1. The summed E-state index contributed by atoms with van der Waals surface area (Å²) in [7, 11) is 0. The molecule has 1 saturated carbocycles. The molecule has 15 heavy (non-hydrogen) atoms. The number of benzene rings is 1. The van der Waals surface area contributed by atoms with E-state index in [-0.39, 0.29) is 0 Å². The number of hydrogen-bond acceptors (Lipinski definition) is 1. The van der Waals surface area contributed by atoms with Crippen LogP contribution in [0, 0.1) is 6.92 Å². The molecule has 1 fully saturated rings. The van der Waals surface area contributed by atoms with Gasteiger partial charge in [0.2, 0.25) is 0 Å². The predicted molar refractivity (Wildman–Crippen MR) is 68.6 cm³/mol. The van der Waals surface area contributed by atoms with E-state index >= 15 is 0 Å². The van der Waals surface area contributed by atoms with Crippen molar-refractivity contribution in [2.24, 2.45) is 0 Å². The lowest BCUT2D eigenvalue weighted by Crippen LogP contribution is -2.30. The molecule has 1 aliphatic carbocycles. The van der Waals surface area contributed by atoms with Crippen LogP contribution in [0.2, 0.25) is 5.02 Å². The Labute approximate surface area is 100 Å². The van der Waals surface area contributed by atoms with Gasteiger partial charge in [-0.1, -0.05) is 17.7 Å². The fraction of sp³-hybridized carbons (Fsp3) is 0.364. The van der Waals surface area contributed by atoms with E-state index in [1.165, 1.54) is 12.8 Å². The van der Waals surface area contributed by atoms with Gasteiger partial charge in [-0.3, -0.25) is 0 Å². The highest BCUT2D eigenvalue weighted by Gasteiger charge is 2.21. The van der Waals surface area contributed by atoms with Crippen molar-refractivity contribution in [3.63, 3.8) is 0 Å². The van der Waals surface area contributed by atoms with E-state index in [9.17, 15) is 0 Å². The quantitative estimate of drug-likeness (QED) is 0.777. The van der Waals surface area contributed by atoms with Crippen LogP contribution in [0.15, 0.2) is 18.2 Å². The average molecular weight is 241 g/mol. The first kappa shape index (κ1) is 10.7. The van der Waals surface area contributed by atoms with Crippen LogP contribution in [0.5, 0.6) is 0 Å². The maximum absolute atomic E-state index is 5.91. The first-order valence-electron chi connectivity index (χ1n) is 4.99. The minimum atomic E-state index is 0.574. The molecule has 0 heterocycles. The highest BCUT2D eigenvalue weighted by Crippen LogP contribution is 2.21. The van der Waals surface area contributed by atoms with Crippen LogP contribution in [0.4, 0.5) is 5.69 Å². The number of rotatable bonds is 2. The maximum atomic E-state index is 5.91. The van der Waals surface area contributed by atoms with E-state index in [1.54, 1.807) is 0 Å². The third kappa shape index (κ3) is 3.08. The highest BCUT2D eigenvalue weighted by molar-refractivity contribution is 7.80. The summed E-state index contributed by atoms with van der Waals surface area (Å²) in [6, 6.07) is 6.31. The lowest BCUT2D eigenvalue weighted by atomic mass is 10.2. The van der Waals surface area contributed by atoms with Gasteiger partial charge in [0.15, 0.2) is 5.11 Å². The Morgan fingerprint density at radius 2 is 2.20 bits per heavy atom. The van der Waals surface area contributed by atoms with Gasteiger partial charge < -0.3 is 10.6 Å². The van der Waals surface area contributed by atoms with Gasteiger partial charge in [0.25, 0.3) is 0 Å². The van der Waals surface area contributed by atoms with Crippen molar-refractivity contribution in [1.29, 1.82) is 0 Å². The second-order valence-corrected chi connectivity index (χ2v) is 4.68. The Bertz CT molecular complexity index is 388. The monoisotopic (exact) mass is 240 g/mol. The minimum absolute atomic E-state index is 0.574. The topological polar surface area (TPSA) is 24.1 Å². The first-order chi connectivity index (χ1) is 7.15. The van der Waals surface area contributed by atoms with Gasteiger partial charge in [-0.25, -0.2) is 0 Å². The molecular weight excluding hydrogens is 228 g/mol. The first-order valence-corrected chi connectivity index (χ1v) is 5.77. The van der Waals surface area contributed by atoms with Gasteiger partial charge in [-0.05, 0) is 49.7 Å². The second-order valence-electron chi connectivity index (χ2n) is 3.83. The summed E-state index contributed by atoms with van der Waals surface area (Å²) in [5.74, 6) is 0. The number of halogens is 1. The number of anilines is 1. The molecule has 0 unspecified atom stereocenters. The summed E-state index contributed by atoms with van der Waals surface area (Å²) < 4.78 is 0. The Morgan fingerprint density at radius 3 is 2.87 bits per heavy atom. The van der Waals surface area contributed by atoms with Gasteiger partial charge in [0, 0.05) is 16.8 Å². The van der Waals surface area contributed by atoms with Crippen molar-refractivity contribution in [2.45, 2.75) is 25.8 Å².